The van der Waals surface area contributed by atoms with Gasteiger partial charge in [-0.25, -0.2) is 4.39 Å². The lowest BCUT2D eigenvalue weighted by Crippen LogP contribution is -2.55. The van der Waals surface area contributed by atoms with Crippen LogP contribution in [0.2, 0.25) is 0 Å². The molecule has 2 aromatic carbocycles. The monoisotopic (exact) mass is 583 g/mol. The predicted octanol–water partition coefficient (Wildman–Crippen LogP) is 4.12. The lowest BCUT2D eigenvalue weighted by Gasteiger charge is -2.42. The van der Waals surface area contributed by atoms with Crippen LogP contribution in [0, 0.1) is 11.3 Å². The summed E-state index contributed by atoms with van der Waals surface area (Å²) in [7, 11) is 1.92. The van der Waals surface area contributed by atoms with Crippen molar-refractivity contribution in [3.8, 4) is 12.1 Å². The normalized spacial score (nSPS) is 22.3. The van der Waals surface area contributed by atoms with E-state index in [9.17, 15) is 14.4 Å². The fourth-order valence-corrected chi connectivity index (χ4v) is 6.71. The number of likely N-dealkylation sites (N-methyl/N-ethyl adjacent to an activating group) is 1. The van der Waals surface area contributed by atoms with Crippen molar-refractivity contribution in [2.75, 3.05) is 56.2 Å². The zero-order chi connectivity index (χ0) is 29.9. The van der Waals surface area contributed by atoms with E-state index >= 15 is 0 Å². The van der Waals surface area contributed by atoms with Crippen LogP contribution >= 0.6 is 0 Å². The van der Waals surface area contributed by atoms with Gasteiger partial charge in [0.25, 0.3) is 0 Å². The Balaban J connectivity index is 1.32. The van der Waals surface area contributed by atoms with Gasteiger partial charge in [-0.2, -0.15) is 15.2 Å². The average molecular weight is 584 g/mol. The van der Waals surface area contributed by atoms with Crippen LogP contribution in [0.1, 0.15) is 30.5 Å². The Morgan fingerprint density at radius 2 is 1.95 bits per heavy atom. The number of carbonyl (C=O) groups is 1. The molecule has 3 aliphatic heterocycles. The van der Waals surface area contributed by atoms with Crippen molar-refractivity contribution in [3.05, 3.63) is 66.4 Å². The highest BCUT2D eigenvalue weighted by molar-refractivity contribution is 5.94. The summed E-state index contributed by atoms with van der Waals surface area (Å²) in [6, 6.07) is 17.1. The molecule has 0 N–H and O–H groups in total. The van der Waals surface area contributed by atoms with Crippen LogP contribution in [0.4, 0.5) is 15.9 Å². The van der Waals surface area contributed by atoms with Crippen LogP contribution in [0.5, 0.6) is 6.01 Å². The highest BCUT2D eigenvalue weighted by Gasteiger charge is 2.34. The van der Waals surface area contributed by atoms with E-state index in [0.29, 0.717) is 64.6 Å². The summed E-state index contributed by atoms with van der Waals surface area (Å²) in [5, 5.41) is 11.7. The number of carbonyl (C=O) groups excluding carboxylic acids is 1. The number of hydrogen-bond acceptors (Lipinski definition) is 8. The summed E-state index contributed by atoms with van der Waals surface area (Å²) in [4.78, 5) is 30.9. The smallest absolute Gasteiger partial charge is 0.318 e. The van der Waals surface area contributed by atoms with Gasteiger partial charge < -0.3 is 19.4 Å². The van der Waals surface area contributed by atoms with Gasteiger partial charge in [0, 0.05) is 61.8 Å². The van der Waals surface area contributed by atoms with Gasteiger partial charge in [0.1, 0.15) is 18.6 Å². The van der Waals surface area contributed by atoms with E-state index in [1.165, 1.54) is 22.5 Å². The van der Waals surface area contributed by atoms with Gasteiger partial charge in [-0.3, -0.25) is 9.69 Å². The van der Waals surface area contributed by atoms with E-state index in [-0.39, 0.29) is 18.0 Å². The minimum absolute atomic E-state index is 0.0333. The topological polar surface area (TPSA) is 88.8 Å². The second-order valence-electron chi connectivity index (χ2n) is 11.7. The molecular formula is C33H38FN7O2. The maximum absolute atomic E-state index is 14.0. The van der Waals surface area contributed by atoms with Crippen molar-refractivity contribution < 1.29 is 13.9 Å². The number of piperazine rings is 1. The number of halogens is 1. The molecule has 0 aliphatic carbocycles. The van der Waals surface area contributed by atoms with Crippen LogP contribution in [-0.4, -0.2) is 90.3 Å². The van der Waals surface area contributed by atoms with Gasteiger partial charge in [0.2, 0.25) is 5.91 Å². The molecule has 1 amide bonds. The quantitative estimate of drug-likeness (QED) is 0.366. The first-order chi connectivity index (χ1) is 20.9. The van der Waals surface area contributed by atoms with E-state index in [2.05, 4.69) is 64.9 Å². The fourth-order valence-electron chi connectivity index (χ4n) is 6.71. The fraction of sp³-hybridized carbons (Fsp3) is 0.455. The molecule has 0 bridgehead atoms. The van der Waals surface area contributed by atoms with Gasteiger partial charge in [-0.05, 0) is 43.8 Å². The molecule has 6 rings (SSSR count). The molecule has 224 valence electrons. The van der Waals surface area contributed by atoms with Crippen molar-refractivity contribution >= 4 is 28.2 Å². The summed E-state index contributed by atoms with van der Waals surface area (Å²) < 4.78 is 20.2. The van der Waals surface area contributed by atoms with Gasteiger partial charge >= 0.3 is 6.01 Å². The van der Waals surface area contributed by atoms with Gasteiger partial charge in [-0.1, -0.05) is 43.0 Å². The highest BCUT2D eigenvalue weighted by Crippen LogP contribution is 2.35. The first-order valence-corrected chi connectivity index (χ1v) is 15.1. The number of aromatic nitrogens is 2. The second kappa shape index (κ2) is 12.6. The van der Waals surface area contributed by atoms with Crippen molar-refractivity contribution in [1.82, 2.24) is 19.8 Å². The summed E-state index contributed by atoms with van der Waals surface area (Å²) in [5.74, 6) is 0.710. The molecule has 0 spiro atoms. The molecule has 2 saturated heterocycles. The first kappa shape index (κ1) is 28.9. The summed E-state index contributed by atoms with van der Waals surface area (Å²) in [5.41, 5.74) is 3.18. The Bertz CT molecular complexity index is 1540. The second-order valence-corrected chi connectivity index (χ2v) is 11.7. The summed E-state index contributed by atoms with van der Waals surface area (Å²) in [6.07, 6.45) is 2.63. The molecule has 43 heavy (non-hydrogen) atoms. The van der Waals surface area contributed by atoms with Crippen LogP contribution in [0.15, 0.2) is 55.1 Å². The van der Waals surface area contributed by atoms with Gasteiger partial charge in [-0.15, -0.1) is 0 Å². The number of hydrogen-bond donors (Lipinski definition) is 0. The third kappa shape index (κ3) is 6.00. The molecule has 3 atom stereocenters. The van der Waals surface area contributed by atoms with E-state index in [0.717, 1.165) is 30.0 Å². The Morgan fingerprint density at radius 3 is 2.74 bits per heavy atom. The van der Waals surface area contributed by atoms with Crippen molar-refractivity contribution in [2.45, 2.75) is 50.5 Å². The van der Waals surface area contributed by atoms with Crippen molar-refractivity contribution in [1.29, 1.82) is 5.26 Å². The zero-order valence-electron chi connectivity index (χ0n) is 24.7. The van der Waals surface area contributed by atoms with E-state index in [4.69, 9.17) is 14.7 Å². The number of alkyl halides is 1. The molecule has 0 radical (unpaired) electrons. The molecule has 9 nitrogen and oxygen atoms in total. The number of rotatable bonds is 8. The Hall–Kier alpha value is -4.23. The van der Waals surface area contributed by atoms with E-state index in [1.54, 1.807) is 0 Å². The molecule has 3 aromatic rings. The minimum atomic E-state index is -0.854. The van der Waals surface area contributed by atoms with Crippen LogP contribution in [0.25, 0.3) is 10.8 Å². The Kier molecular flexibility index (Phi) is 8.43. The third-order valence-electron chi connectivity index (χ3n) is 9.00. The number of fused-ring (bicyclic) bond motifs is 2. The van der Waals surface area contributed by atoms with Crippen LogP contribution in [0.3, 0.4) is 0 Å². The predicted molar refractivity (Wildman–Crippen MR) is 165 cm³/mol. The lowest BCUT2D eigenvalue weighted by molar-refractivity contribution is -0.128. The molecule has 3 aliphatic rings. The van der Waals surface area contributed by atoms with Gasteiger partial charge in [0.05, 0.1) is 24.3 Å². The number of benzene rings is 2. The molecule has 0 saturated carbocycles. The molecule has 0 unspecified atom stereocenters. The van der Waals surface area contributed by atoms with Crippen LogP contribution < -0.4 is 14.5 Å². The number of nitriles is 1. The Morgan fingerprint density at radius 1 is 1.12 bits per heavy atom. The van der Waals surface area contributed by atoms with Crippen molar-refractivity contribution in [2.24, 2.45) is 0 Å². The average Bonchev–Trinajstić information content (AvgIpc) is 3.37. The Labute approximate surface area is 252 Å². The largest absolute Gasteiger partial charge is 0.462 e. The molecule has 1 aromatic heterocycles. The van der Waals surface area contributed by atoms with Crippen LogP contribution in [-0.2, 0) is 17.8 Å². The van der Waals surface area contributed by atoms with E-state index < -0.39 is 6.17 Å². The number of likely N-dealkylation sites (tertiary alicyclic amines) is 1. The standard InChI is InChI=1S/C33H38FN7O2/c1-3-31(42)41-17-16-40(20-25(41)10-7-14-35)32-28-13-15-39(30-12-6-9-23-8-4-5-11-27(23)30)21-29(28)36-33(37-32)43-22-26-18-24(34)19-38(26)2/h3-6,8-9,11-12,24-26H,1,7,10,13,15-22H2,2H3/t24-,25+,26+/m1/s1. The number of anilines is 2. The lowest BCUT2D eigenvalue weighted by atomic mass is 10.0. The maximum Gasteiger partial charge on any atom is 0.318 e. The SMILES string of the molecule is C=CC(=O)N1CCN(c2nc(OC[C@@H]3C[C@@H](F)CN3C)nc3c2CCN(c2cccc4ccccc24)C3)C[C@@H]1CCC#N. The highest BCUT2D eigenvalue weighted by atomic mass is 19.1. The maximum atomic E-state index is 14.0. The summed E-state index contributed by atoms with van der Waals surface area (Å²) in [6.45, 7) is 7.50. The molecule has 10 heteroatoms. The number of ether oxygens (including phenoxy) is 1. The molecule has 2 fully saturated rings. The minimum Gasteiger partial charge on any atom is -0.462 e. The first-order valence-electron chi connectivity index (χ1n) is 15.1. The molecule has 4 heterocycles. The number of amides is 1. The third-order valence-corrected chi connectivity index (χ3v) is 9.00. The number of nitrogens with zero attached hydrogens (tertiary/aromatic N) is 7. The van der Waals surface area contributed by atoms with Crippen molar-refractivity contribution in [3.63, 3.8) is 0 Å². The zero-order valence-corrected chi connectivity index (χ0v) is 24.7. The molecular weight excluding hydrogens is 545 g/mol. The van der Waals surface area contributed by atoms with E-state index in [1.807, 2.05) is 16.8 Å². The van der Waals surface area contributed by atoms with Gasteiger partial charge in [0.15, 0.2) is 0 Å². The summed E-state index contributed by atoms with van der Waals surface area (Å²) >= 11 is 0.